The quantitative estimate of drug-likeness (QED) is 0.438. The van der Waals surface area contributed by atoms with E-state index in [1.165, 1.54) is 11.8 Å². The molecule has 0 bridgehead atoms. The van der Waals surface area contributed by atoms with E-state index in [9.17, 15) is 4.79 Å². The molecule has 146 valence electrons. The third kappa shape index (κ3) is 3.60. The Bertz CT molecular complexity index is 1350. The van der Waals surface area contributed by atoms with Gasteiger partial charge in [-0.2, -0.15) is 9.61 Å². The van der Waals surface area contributed by atoms with Crippen molar-refractivity contribution in [1.29, 1.82) is 0 Å². The summed E-state index contributed by atoms with van der Waals surface area (Å²) >= 11 is 1.29. The number of carbonyl (C=O) groups is 1. The lowest BCUT2D eigenvalue weighted by Gasteiger charge is -2.08. The predicted octanol–water partition coefficient (Wildman–Crippen LogP) is 4.07. The van der Waals surface area contributed by atoms with Gasteiger partial charge < -0.3 is 5.32 Å². The molecule has 3 heterocycles. The molecular weight excluding hydrogens is 396 g/mol. The average molecular weight is 412 g/mol. The van der Waals surface area contributed by atoms with E-state index in [-0.39, 0.29) is 11.7 Å². The standard InChI is InChI=1S/C22H16N6OS/c29-21(24-17-10-5-7-15-6-1-2-8-16(15)17)14-30-22-26-25-20-12-11-19(27-28(20)22)18-9-3-4-13-23-18/h1-13H,14H2,(H,24,29). The Morgan fingerprint density at radius 2 is 1.77 bits per heavy atom. The smallest absolute Gasteiger partial charge is 0.234 e. The molecule has 5 aromatic rings. The van der Waals surface area contributed by atoms with E-state index >= 15 is 0 Å². The van der Waals surface area contributed by atoms with Gasteiger partial charge in [-0.15, -0.1) is 10.2 Å². The number of amides is 1. The monoisotopic (exact) mass is 412 g/mol. The SMILES string of the molecule is O=C(CSc1nnc2ccc(-c3ccccn3)nn12)Nc1cccc2ccccc12. The number of carbonyl (C=O) groups excluding carboxylic acids is 1. The number of nitrogens with one attached hydrogen (secondary N) is 1. The van der Waals surface area contributed by atoms with Crippen LogP contribution in [-0.4, -0.2) is 36.5 Å². The highest BCUT2D eigenvalue weighted by atomic mass is 32.2. The number of hydrogen-bond acceptors (Lipinski definition) is 6. The summed E-state index contributed by atoms with van der Waals surface area (Å²) in [5.41, 5.74) is 2.88. The van der Waals surface area contributed by atoms with Crippen molar-refractivity contribution in [3.63, 3.8) is 0 Å². The third-order valence-electron chi connectivity index (χ3n) is 4.56. The van der Waals surface area contributed by atoms with Gasteiger partial charge in [0.15, 0.2) is 5.65 Å². The number of pyridine rings is 1. The molecule has 8 heteroatoms. The number of thioether (sulfide) groups is 1. The molecule has 0 unspecified atom stereocenters. The molecule has 1 N–H and O–H groups in total. The summed E-state index contributed by atoms with van der Waals surface area (Å²) in [7, 11) is 0. The largest absolute Gasteiger partial charge is 0.325 e. The van der Waals surface area contributed by atoms with E-state index in [4.69, 9.17) is 0 Å². The molecule has 7 nitrogen and oxygen atoms in total. The first-order chi connectivity index (χ1) is 14.8. The van der Waals surface area contributed by atoms with Crippen LogP contribution in [0.4, 0.5) is 5.69 Å². The van der Waals surface area contributed by atoms with Crippen molar-refractivity contribution in [1.82, 2.24) is 24.8 Å². The Balaban J connectivity index is 1.34. The van der Waals surface area contributed by atoms with Gasteiger partial charge in [-0.05, 0) is 35.7 Å². The molecular formula is C22H16N6OS. The molecule has 30 heavy (non-hydrogen) atoms. The summed E-state index contributed by atoms with van der Waals surface area (Å²) in [6.07, 6.45) is 1.72. The highest BCUT2D eigenvalue weighted by molar-refractivity contribution is 7.99. The lowest BCUT2D eigenvalue weighted by Crippen LogP contribution is -2.14. The molecule has 0 saturated heterocycles. The minimum absolute atomic E-state index is 0.117. The van der Waals surface area contributed by atoms with Crippen molar-refractivity contribution in [3.8, 4) is 11.4 Å². The molecule has 0 aliphatic rings. The zero-order valence-electron chi connectivity index (χ0n) is 15.8. The lowest BCUT2D eigenvalue weighted by atomic mass is 10.1. The molecule has 0 atom stereocenters. The Labute approximate surface area is 176 Å². The maximum absolute atomic E-state index is 12.6. The summed E-state index contributed by atoms with van der Waals surface area (Å²) in [6.45, 7) is 0. The summed E-state index contributed by atoms with van der Waals surface area (Å²) < 4.78 is 1.64. The van der Waals surface area contributed by atoms with E-state index in [1.54, 1.807) is 10.7 Å². The second kappa shape index (κ2) is 7.92. The van der Waals surface area contributed by atoms with Crippen LogP contribution in [0.2, 0.25) is 0 Å². The van der Waals surface area contributed by atoms with E-state index < -0.39 is 0 Å². The van der Waals surface area contributed by atoms with Gasteiger partial charge in [-0.3, -0.25) is 9.78 Å². The first kappa shape index (κ1) is 18.3. The van der Waals surface area contributed by atoms with Crippen LogP contribution in [-0.2, 0) is 4.79 Å². The Hall–Kier alpha value is -3.78. The minimum atomic E-state index is -0.117. The average Bonchev–Trinajstić information content (AvgIpc) is 3.21. The normalized spacial score (nSPS) is 11.1. The van der Waals surface area contributed by atoms with Gasteiger partial charge in [0, 0.05) is 17.3 Å². The summed E-state index contributed by atoms with van der Waals surface area (Å²) in [5, 5.41) is 18.5. The van der Waals surface area contributed by atoms with Crippen LogP contribution in [0, 0.1) is 0 Å². The van der Waals surface area contributed by atoms with Gasteiger partial charge in [-0.1, -0.05) is 54.2 Å². The number of fused-ring (bicyclic) bond motifs is 2. The molecule has 1 amide bonds. The first-order valence-electron chi connectivity index (χ1n) is 9.32. The van der Waals surface area contributed by atoms with Crippen molar-refractivity contribution < 1.29 is 4.79 Å². The highest BCUT2D eigenvalue weighted by Crippen LogP contribution is 2.24. The zero-order valence-corrected chi connectivity index (χ0v) is 16.6. The summed E-state index contributed by atoms with van der Waals surface area (Å²) in [6, 6.07) is 23.2. The van der Waals surface area contributed by atoms with E-state index in [0.717, 1.165) is 22.2 Å². The molecule has 0 fully saturated rings. The van der Waals surface area contributed by atoms with Gasteiger partial charge in [-0.25, -0.2) is 0 Å². The van der Waals surface area contributed by atoms with Crippen LogP contribution in [0.25, 0.3) is 27.8 Å². The Morgan fingerprint density at radius 1 is 0.900 bits per heavy atom. The van der Waals surface area contributed by atoms with Crippen LogP contribution < -0.4 is 5.32 Å². The van der Waals surface area contributed by atoms with Gasteiger partial charge in [0.2, 0.25) is 11.1 Å². The maximum Gasteiger partial charge on any atom is 0.234 e. The number of rotatable bonds is 5. The molecule has 2 aromatic carbocycles. The second-order valence-corrected chi connectivity index (χ2v) is 7.49. The topological polar surface area (TPSA) is 85.1 Å². The minimum Gasteiger partial charge on any atom is -0.325 e. The summed E-state index contributed by atoms with van der Waals surface area (Å²) in [5.74, 6) is 0.0773. The fraction of sp³-hybridized carbons (Fsp3) is 0.0455. The van der Waals surface area contributed by atoms with Crippen LogP contribution in [0.5, 0.6) is 0 Å². The van der Waals surface area contributed by atoms with Gasteiger partial charge >= 0.3 is 0 Å². The molecule has 0 aliphatic heterocycles. The van der Waals surface area contributed by atoms with Crippen molar-refractivity contribution in [2.45, 2.75) is 5.16 Å². The fourth-order valence-electron chi connectivity index (χ4n) is 3.16. The number of hydrogen-bond donors (Lipinski definition) is 1. The highest BCUT2D eigenvalue weighted by Gasteiger charge is 2.13. The number of benzene rings is 2. The predicted molar refractivity (Wildman–Crippen MR) is 117 cm³/mol. The second-order valence-electron chi connectivity index (χ2n) is 6.55. The molecule has 0 radical (unpaired) electrons. The molecule has 5 rings (SSSR count). The van der Waals surface area contributed by atoms with Crippen molar-refractivity contribution in [2.24, 2.45) is 0 Å². The van der Waals surface area contributed by atoms with E-state index in [1.807, 2.05) is 72.8 Å². The van der Waals surface area contributed by atoms with Crippen LogP contribution in [0.3, 0.4) is 0 Å². The first-order valence-corrected chi connectivity index (χ1v) is 10.3. The molecule has 0 spiro atoms. The number of anilines is 1. The number of nitrogens with zero attached hydrogens (tertiary/aromatic N) is 5. The number of aromatic nitrogens is 5. The molecule has 3 aromatic heterocycles. The zero-order chi connectivity index (χ0) is 20.3. The van der Waals surface area contributed by atoms with Gasteiger partial charge in [0.25, 0.3) is 0 Å². The fourth-order valence-corrected chi connectivity index (χ4v) is 3.85. The Kier molecular flexibility index (Phi) is 4.82. The van der Waals surface area contributed by atoms with E-state index in [0.29, 0.717) is 16.5 Å². The van der Waals surface area contributed by atoms with Gasteiger partial charge in [0.1, 0.15) is 5.69 Å². The third-order valence-corrected chi connectivity index (χ3v) is 5.48. The van der Waals surface area contributed by atoms with Crippen LogP contribution in [0.1, 0.15) is 0 Å². The Morgan fingerprint density at radius 3 is 2.67 bits per heavy atom. The molecule has 0 saturated carbocycles. The lowest BCUT2D eigenvalue weighted by molar-refractivity contribution is -0.113. The molecule has 0 aliphatic carbocycles. The van der Waals surface area contributed by atoms with Crippen molar-refractivity contribution in [3.05, 3.63) is 79.0 Å². The van der Waals surface area contributed by atoms with Crippen LogP contribution >= 0.6 is 11.8 Å². The van der Waals surface area contributed by atoms with E-state index in [2.05, 4.69) is 25.6 Å². The summed E-state index contributed by atoms with van der Waals surface area (Å²) in [4.78, 5) is 16.9. The van der Waals surface area contributed by atoms with Gasteiger partial charge in [0.05, 0.1) is 11.4 Å². The maximum atomic E-state index is 12.6. The van der Waals surface area contributed by atoms with Crippen LogP contribution in [0.15, 0.2) is 84.1 Å². The van der Waals surface area contributed by atoms with Crippen molar-refractivity contribution in [2.75, 3.05) is 11.1 Å². The van der Waals surface area contributed by atoms with Crippen molar-refractivity contribution >= 4 is 39.8 Å².